The molecule has 32 heavy (non-hydrogen) atoms. The second-order valence-corrected chi connectivity index (χ2v) is 6.55. The van der Waals surface area contributed by atoms with Gasteiger partial charge in [0.15, 0.2) is 0 Å². The van der Waals surface area contributed by atoms with E-state index in [2.05, 4.69) is 4.74 Å². The molecule has 0 spiro atoms. The molecule has 1 aliphatic rings. The molecule has 0 saturated carbocycles. The third-order valence-electron chi connectivity index (χ3n) is 4.84. The summed E-state index contributed by atoms with van der Waals surface area (Å²) in [7, 11) is 0. The van der Waals surface area contributed by atoms with Gasteiger partial charge in [-0.2, -0.15) is 26.3 Å². The number of carboxylic acid groups (broad SMARTS) is 2. The Morgan fingerprint density at radius 3 is 1.66 bits per heavy atom. The molecule has 0 saturated heterocycles. The highest BCUT2D eigenvalue weighted by Crippen LogP contribution is 2.56. The predicted molar refractivity (Wildman–Crippen MR) is 89.4 cm³/mol. The number of hydrogen-bond acceptors (Lipinski definition) is 5. The van der Waals surface area contributed by atoms with E-state index in [1.165, 1.54) is 0 Å². The molecule has 1 aliphatic heterocycles. The lowest BCUT2D eigenvalue weighted by Gasteiger charge is -2.38. The van der Waals surface area contributed by atoms with Crippen LogP contribution in [0.2, 0.25) is 0 Å². The van der Waals surface area contributed by atoms with E-state index in [4.69, 9.17) is 10.2 Å². The Balaban J connectivity index is 2.45. The summed E-state index contributed by atoms with van der Waals surface area (Å²) in [6, 6.07) is 1.50. The van der Waals surface area contributed by atoms with Crippen LogP contribution in [0, 0.1) is 0 Å². The lowest BCUT2D eigenvalue weighted by atomic mass is 9.71. The van der Waals surface area contributed by atoms with Crippen molar-refractivity contribution >= 4 is 23.9 Å². The molecule has 13 heteroatoms. The quantitative estimate of drug-likeness (QED) is 0.403. The Morgan fingerprint density at radius 1 is 0.688 bits per heavy atom. The highest BCUT2D eigenvalue weighted by Gasteiger charge is 2.72. The van der Waals surface area contributed by atoms with Gasteiger partial charge in [-0.25, -0.2) is 19.2 Å². The fraction of sp³-hybridized carbons (Fsp3) is 0.158. The van der Waals surface area contributed by atoms with Crippen molar-refractivity contribution in [3.05, 3.63) is 69.8 Å². The van der Waals surface area contributed by atoms with Gasteiger partial charge in [-0.15, -0.1) is 0 Å². The molecule has 168 valence electrons. The van der Waals surface area contributed by atoms with E-state index in [1.807, 2.05) is 0 Å². The topological polar surface area (TPSA) is 118 Å². The van der Waals surface area contributed by atoms with Crippen molar-refractivity contribution in [3.8, 4) is 0 Å². The second kappa shape index (κ2) is 7.07. The molecule has 0 aliphatic carbocycles. The molecule has 0 bridgehead atoms. The number of halogens is 6. The maximum Gasteiger partial charge on any atom is 0.411 e. The maximum absolute atomic E-state index is 14.2. The van der Waals surface area contributed by atoms with Crippen LogP contribution in [0.15, 0.2) is 36.4 Å². The van der Waals surface area contributed by atoms with Gasteiger partial charge in [0.05, 0.1) is 22.3 Å². The number of hydrogen-bond donors (Lipinski definition) is 2. The number of rotatable bonds is 4. The van der Waals surface area contributed by atoms with Crippen molar-refractivity contribution in [1.82, 2.24) is 0 Å². The molecular formula is C19H8F6O7. The first-order valence-corrected chi connectivity index (χ1v) is 8.28. The van der Waals surface area contributed by atoms with Crippen LogP contribution in [0.5, 0.6) is 0 Å². The number of benzene rings is 2. The average molecular weight is 462 g/mol. The van der Waals surface area contributed by atoms with E-state index in [-0.39, 0.29) is 18.2 Å². The van der Waals surface area contributed by atoms with Gasteiger partial charge in [0.2, 0.25) is 5.41 Å². The van der Waals surface area contributed by atoms with Crippen LogP contribution in [0.1, 0.15) is 52.6 Å². The molecule has 0 aromatic heterocycles. The molecular weight excluding hydrogens is 454 g/mol. The SMILES string of the molecule is O=C(O)c1ccc(C(c2ccc3c(c2)C(=O)OC3=O)(C(F)(F)F)C(F)(F)F)cc1C(=O)O. The van der Waals surface area contributed by atoms with Crippen LogP contribution in [-0.4, -0.2) is 46.4 Å². The smallest absolute Gasteiger partial charge is 0.411 e. The Labute approximate surface area is 172 Å². The molecule has 0 amide bonds. The highest BCUT2D eigenvalue weighted by molar-refractivity contribution is 6.14. The van der Waals surface area contributed by atoms with Gasteiger partial charge in [-0.1, -0.05) is 12.1 Å². The molecule has 2 aromatic rings. The Morgan fingerprint density at radius 2 is 1.16 bits per heavy atom. The molecule has 2 N–H and O–H groups in total. The third kappa shape index (κ3) is 3.16. The van der Waals surface area contributed by atoms with Crippen LogP contribution in [0.3, 0.4) is 0 Å². The summed E-state index contributed by atoms with van der Waals surface area (Å²) in [6.07, 6.45) is -12.3. The first-order chi connectivity index (χ1) is 14.6. The second-order valence-electron chi connectivity index (χ2n) is 6.55. The van der Waals surface area contributed by atoms with Crippen LogP contribution >= 0.6 is 0 Å². The summed E-state index contributed by atoms with van der Waals surface area (Å²) >= 11 is 0. The minimum atomic E-state index is -6.15. The zero-order valence-corrected chi connectivity index (χ0v) is 15.2. The van der Waals surface area contributed by atoms with Gasteiger partial charge in [0.25, 0.3) is 0 Å². The van der Waals surface area contributed by atoms with Crippen LogP contribution in [0.4, 0.5) is 26.3 Å². The van der Waals surface area contributed by atoms with Gasteiger partial charge < -0.3 is 14.9 Å². The van der Waals surface area contributed by atoms with Crippen molar-refractivity contribution in [2.75, 3.05) is 0 Å². The van der Waals surface area contributed by atoms with Crippen LogP contribution in [-0.2, 0) is 10.2 Å². The van der Waals surface area contributed by atoms with E-state index >= 15 is 0 Å². The first kappa shape index (κ1) is 22.8. The molecule has 0 atom stereocenters. The van der Waals surface area contributed by atoms with E-state index in [0.717, 1.165) is 0 Å². The van der Waals surface area contributed by atoms with E-state index in [0.29, 0.717) is 18.2 Å². The van der Waals surface area contributed by atoms with E-state index in [9.17, 15) is 45.5 Å². The number of cyclic esters (lactones) is 2. The first-order valence-electron chi connectivity index (χ1n) is 8.28. The number of esters is 2. The molecule has 2 aromatic carbocycles. The summed E-state index contributed by atoms with van der Waals surface area (Å²) in [6.45, 7) is 0. The van der Waals surface area contributed by atoms with Gasteiger partial charge in [-0.3, -0.25) is 0 Å². The Kier molecular flexibility index (Phi) is 5.03. The van der Waals surface area contributed by atoms with E-state index < -0.39 is 75.0 Å². The molecule has 0 radical (unpaired) electrons. The molecule has 0 unspecified atom stereocenters. The summed E-state index contributed by atoms with van der Waals surface area (Å²) in [5, 5.41) is 18.2. The number of fused-ring (bicyclic) bond motifs is 1. The van der Waals surface area contributed by atoms with Crippen molar-refractivity contribution in [1.29, 1.82) is 0 Å². The number of alkyl halides is 6. The van der Waals surface area contributed by atoms with Crippen molar-refractivity contribution < 1.29 is 60.5 Å². The number of aromatic carboxylic acids is 2. The van der Waals surface area contributed by atoms with Crippen LogP contribution in [0.25, 0.3) is 0 Å². The lowest BCUT2D eigenvalue weighted by Crippen LogP contribution is -2.55. The normalized spacial score (nSPS) is 14.2. The summed E-state index contributed by atoms with van der Waals surface area (Å²) in [5.41, 5.74) is -11.8. The Bertz CT molecular complexity index is 1170. The maximum atomic E-state index is 14.2. The van der Waals surface area contributed by atoms with Gasteiger partial charge >= 0.3 is 36.2 Å². The van der Waals surface area contributed by atoms with Crippen LogP contribution < -0.4 is 0 Å². The number of carbonyl (C=O) groups excluding carboxylic acids is 2. The van der Waals surface area contributed by atoms with Crippen molar-refractivity contribution in [2.24, 2.45) is 0 Å². The summed E-state index contributed by atoms with van der Waals surface area (Å²) in [4.78, 5) is 45.7. The zero-order chi connectivity index (χ0) is 24.2. The lowest BCUT2D eigenvalue weighted by molar-refractivity contribution is -0.288. The molecule has 3 rings (SSSR count). The number of carbonyl (C=O) groups is 4. The molecule has 7 nitrogen and oxygen atoms in total. The van der Waals surface area contributed by atoms with Gasteiger partial charge in [-0.05, 0) is 35.4 Å². The van der Waals surface area contributed by atoms with E-state index in [1.54, 1.807) is 0 Å². The number of carboxylic acids is 2. The minimum Gasteiger partial charge on any atom is -0.478 e. The Hall–Kier alpha value is -3.90. The molecule has 0 fully saturated rings. The summed E-state index contributed by atoms with van der Waals surface area (Å²) < 4.78 is 89.3. The van der Waals surface area contributed by atoms with Crippen molar-refractivity contribution in [3.63, 3.8) is 0 Å². The monoisotopic (exact) mass is 462 g/mol. The largest absolute Gasteiger partial charge is 0.478 e. The average Bonchev–Trinajstić information content (AvgIpc) is 2.93. The standard InChI is InChI=1S/C19H8F6O7/c20-18(21,22)17(19(23,24)25,7-1-3-9(13(26)27)11(5-7)14(28)29)8-2-4-10-12(6-8)16(31)32-15(10)30/h1-6H,(H,26,27)(H,28,29). The fourth-order valence-corrected chi connectivity index (χ4v) is 3.44. The minimum absolute atomic E-state index is 0.0382. The number of ether oxygens (including phenoxy) is 1. The zero-order valence-electron chi connectivity index (χ0n) is 15.2. The fourth-order valence-electron chi connectivity index (χ4n) is 3.44. The van der Waals surface area contributed by atoms with Gasteiger partial charge in [0.1, 0.15) is 0 Å². The molecule has 1 heterocycles. The van der Waals surface area contributed by atoms with Crippen molar-refractivity contribution in [2.45, 2.75) is 17.8 Å². The third-order valence-corrected chi connectivity index (χ3v) is 4.84. The highest BCUT2D eigenvalue weighted by atomic mass is 19.4. The predicted octanol–water partition coefficient (Wildman–Crippen LogP) is 3.80. The summed E-state index contributed by atoms with van der Waals surface area (Å²) in [5.74, 6) is -6.69. The van der Waals surface area contributed by atoms with Gasteiger partial charge in [0, 0.05) is 0 Å².